The molecule has 5 heteroatoms. The van der Waals surface area contributed by atoms with Gasteiger partial charge in [-0.3, -0.25) is 4.79 Å². The van der Waals surface area contributed by atoms with Crippen LogP contribution in [0.15, 0.2) is 5.38 Å². The minimum atomic E-state index is -0.702. The molecule has 114 valence electrons. The number of esters is 1. The lowest BCUT2D eigenvalue weighted by molar-refractivity contribution is -0.148. The third-order valence-corrected chi connectivity index (χ3v) is 4.41. The number of hydrogen-bond acceptors (Lipinski definition) is 5. The molecule has 0 fully saturated rings. The minimum absolute atomic E-state index is 0.231. The molecule has 0 amide bonds. The van der Waals surface area contributed by atoms with Crippen LogP contribution in [0.5, 0.6) is 0 Å². The topological polar surface area (TPSA) is 51.2 Å². The SMILES string of the molecule is CCOC(=O)C(C)(C)c1csc(NCC(C)(C)CC)n1. The van der Waals surface area contributed by atoms with Crippen molar-refractivity contribution in [2.45, 2.75) is 53.4 Å². The van der Waals surface area contributed by atoms with Crippen molar-refractivity contribution in [3.8, 4) is 0 Å². The van der Waals surface area contributed by atoms with Crippen LogP contribution in [0.1, 0.15) is 53.7 Å². The highest BCUT2D eigenvalue weighted by Gasteiger charge is 2.34. The first-order valence-electron chi connectivity index (χ1n) is 7.10. The van der Waals surface area contributed by atoms with E-state index in [2.05, 4.69) is 31.1 Å². The summed E-state index contributed by atoms with van der Waals surface area (Å²) in [5, 5.41) is 6.14. The molecule has 1 aromatic heterocycles. The fourth-order valence-electron chi connectivity index (χ4n) is 1.50. The van der Waals surface area contributed by atoms with E-state index in [4.69, 9.17) is 4.74 Å². The standard InChI is InChI=1S/C15H26N2O2S/c1-7-14(3,4)10-16-13-17-11(9-20-13)15(5,6)12(18)19-8-2/h9H,7-8,10H2,1-6H3,(H,16,17). The van der Waals surface area contributed by atoms with Crippen LogP contribution < -0.4 is 5.32 Å². The van der Waals surface area contributed by atoms with E-state index in [-0.39, 0.29) is 11.4 Å². The van der Waals surface area contributed by atoms with Crippen LogP contribution in [0, 0.1) is 5.41 Å². The van der Waals surface area contributed by atoms with Gasteiger partial charge in [-0.2, -0.15) is 0 Å². The zero-order valence-electron chi connectivity index (χ0n) is 13.4. The molecule has 0 saturated heterocycles. The van der Waals surface area contributed by atoms with Gasteiger partial charge in [0.05, 0.1) is 12.3 Å². The monoisotopic (exact) mass is 298 g/mol. The van der Waals surface area contributed by atoms with Gasteiger partial charge in [0.1, 0.15) is 5.41 Å². The van der Waals surface area contributed by atoms with Gasteiger partial charge in [0, 0.05) is 11.9 Å². The van der Waals surface area contributed by atoms with Crippen molar-refractivity contribution in [2.24, 2.45) is 5.41 Å². The summed E-state index contributed by atoms with van der Waals surface area (Å²) in [5.41, 5.74) is 0.299. The van der Waals surface area contributed by atoms with E-state index in [0.717, 1.165) is 23.8 Å². The maximum absolute atomic E-state index is 12.0. The Labute approximate surface area is 125 Å². The number of ether oxygens (including phenoxy) is 1. The largest absolute Gasteiger partial charge is 0.465 e. The highest BCUT2D eigenvalue weighted by Crippen LogP contribution is 2.29. The van der Waals surface area contributed by atoms with Crippen molar-refractivity contribution in [1.82, 2.24) is 4.98 Å². The van der Waals surface area contributed by atoms with Crippen LogP contribution in [0.3, 0.4) is 0 Å². The van der Waals surface area contributed by atoms with Gasteiger partial charge in [-0.15, -0.1) is 11.3 Å². The predicted molar refractivity (Wildman–Crippen MR) is 84.3 cm³/mol. The van der Waals surface area contributed by atoms with Crippen molar-refractivity contribution in [2.75, 3.05) is 18.5 Å². The van der Waals surface area contributed by atoms with Crippen LogP contribution in [0.4, 0.5) is 5.13 Å². The second-order valence-corrected chi connectivity index (χ2v) is 7.11. The Balaban J connectivity index is 2.74. The van der Waals surface area contributed by atoms with Gasteiger partial charge in [0.2, 0.25) is 0 Å². The molecule has 0 spiro atoms. The van der Waals surface area contributed by atoms with E-state index in [1.807, 2.05) is 26.2 Å². The average molecular weight is 298 g/mol. The Morgan fingerprint density at radius 2 is 2.00 bits per heavy atom. The minimum Gasteiger partial charge on any atom is -0.465 e. The van der Waals surface area contributed by atoms with Crippen LogP contribution in [-0.2, 0) is 14.9 Å². The van der Waals surface area contributed by atoms with E-state index < -0.39 is 5.41 Å². The second-order valence-electron chi connectivity index (χ2n) is 6.25. The summed E-state index contributed by atoms with van der Waals surface area (Å²) in [4.78, 5) is 16.5. The van der Waals surface area contributed by atoms with Gasteiger partial charge in [0.15, 0.2) is 5.13 Å². The van der Waals surface area contributed by atoms with Crippen LogP contribution in [0.25, 0.3) is 0 Å². The van der Waals surface area contributed by atoms with Gasteiger partial charge in [0.25, 0.3) is 0 Å². The molecule has 0 atom stereocenters. The summed E-state index contributed by atoms with van der Waals surface area (Å²) in [6.45, 7) is 13.4. The van der Waals surface area contributed by atoms with Crippen LogP contribution >= 0.6 is 11.3 Å². The number of rotatable bonds is 7. The Hall–Kier alpha value is -1.10. The number of nitrogens with one attached hydrogen (secondary N) is 1. The number of hydrogen-bond donors (Lipinski definition) is 1. The molecule has 0 radical (unpaired) electrons. The first kappa shape index (κ1) is 17.0. The number of carbonyl (C=O) groups is 1. The van der Waals surface area contributed by atoms with Crippen molar-refractivity contribution in [3.63, 3.8) is 0 Å². The smallest absolute Gasteiger partial charge is 0.317 e. The molecule has 1 heterocycles. The first-order chi connectivity index (χ1) is 9.23. The highest BCUT2D eigenvalue weighted by atomic mass is 32.1. The lowest BCUT2D eigenvalue weighted by atomic mass is 9.90. The van der Waals surface area contributed by atoms with E-state index in [1.165, 1.54) is 11.3 Å². The van der Waals surface area contributed by atoms with Crippen LogP contribution in [0.2, 0.25) is 0 Å². The van der Waals surface area contributed by atoms with E-state index in [9.17, 15) is 4.79 Å². The summed E-state index contributed by atoms with van der Waals surface area (Å²) in [6, 6.07) is 0. The number of carbonyl (C=O) groups excluding carboxylic acids is 1. The third-order valence-electron chi connectivity index (χ3n) is 3.61. The summed E-state index contributed by atoms with van der Waals surface area (Å²) >= 11 is 1.53. The number of thiazole rings is 1. The number of anilines is 1. The Kier molecular flexibility index (Phi) is 5.57. The van der Waals surface area contributed by atoms with Crippen molar-refractivity contribution >= 4 is 22.4 Å². The predicted octanol–water partition coefficient (Wildman–Crippen LogP) is 3.83. The van der Waals surface area contributed by atoms with Gasteiger partial charge >= 0.3 is 5.97 Å². The molecule has 4 nitrogen and oxygen atoms in total. The molecule has 0 unspecified atom stereocenters. The maximum atomic E-state index is 12.0. The van der Waals surface area contributed by atoms with Gasteiger partial charge < -0.3 is 10.1 Å². The van der Waals surface area contributed by atoms with Crippen molar-refractivity contribution in [1.29, 1.82) is 0 Å². The molecule has 0 aliphatic carbocycles. The first-order valence-corrected chi connectivity index (χ1v) is 7.98. The number of aromatic nitrogens is 1. The third kappa shape index (κ3) is 4.20. The fourth-order valence-corrected chi connectivity index (χ4v) is 2.38. The molecule has 1 N–H and O–H groups in total. The fraction of sp³-hybridized carbons (Fsp3) is 0.733. The molecule has 1 rings (SSSR count). The van der Waals surface area contributed by atoms with E-state index in [0.29, 0.717) is 6.61 Å². The maximum Gasteiger partial charge on any atom is 0.317 e. The lowest BCUT2D eigenvalue weighted by Gasteiger charge is -2.22. The van der Waals surface area contributed by atoms with E-state index in [1.54, 1.807) is 0 Å². The van der Waals surface area contributed by atoms with Crippen molar-refractivity contribution < 1.29 is 9.53 Å². The summed E-state index contributed by atoms with van der Waals surface area (Å²) < 4.78 is 5.11. The Morgan fingerprint density at radius 3 is 2.55 bits per heavy atom. The van der Waals surface area contributed by atoms with Crippen molar-refractivity contribution in [3.05, 3.63) is 11.1 Å². The normalized spacial score (nSPS) is 12.3. The highest BCUT2D eigenvalue weighted by molar-refractivity contribution is 7.13. The Morgan fingerprint density at radius 1 is 1.35 bits per heavy atom. The lowest BCUT2D eigenvalue weighted by Crippen LogP contribution is -2.31. The molecule has 0 aromatic carbocycles. The van der Waals surface area contributed by atoms with Gasteiger partial charge in [-0.25, -0.2) is 4.98 Å². The molecule has 0 bridgehead atoms. The quantitative estimate of drug-likeness (QED) is 0.777. The molecule has 0 saturated carbocycles. The zero-order valence-corrected chi connectivity index (χ0v) is 14.2. The zero-order chi connectivity index (χ0) is 15.4. The summed E-state index contributed by atoms with van der Waals surface area (Å²) in [5.74, 6) is -0.231. The summed E-state index contributed by atoms with van der Waals surface area (Å²) in [7, 11) is 0. The number of nitrogens with zero attached hydrogens (tertiary/aromatic N) is 1. The second kappa shape index (κ2) is 6.57. The Bertz CT molecular complexity index is 452. The average Bonchev–Trinajstić information content (AvgIpc) is 2.86. The van der Waals surface area contributed by atoms with E-state index >= 15 is 0 Å². The molecular weight excluding hydrogens is 272 g/mol. The van der Waals surface area contributed by atoms with Gasteiger partial charge in [-0.1, -0.05) is 20.8 Å². The summed E-state index contributed by atoms with van der Waals surface area (Å²) in [6.07, 6.45) is 1.10. The molecule has 20 heavy (non-hydrogen) atoms. The molecule has 1 aromatic rings. The molecule has 0 aliphatic rings. The molecular formula is C15H26N2O2S. The van der Waals surface area contributed by atoms with Gasteiger partial charge in [-0.05, 0) is 32.6 Å². The van der Waals surface area contributed by atoms with Crippen LogP contribution in [-0.4, -0.2) is 24.1 Å². The molecule has 0 aliphatic heterocycles.